The number of halogens is 4. The quantitative estimate of drug-likeness (QED) is 0.412. The molecule has 0 unspecified atom stereocenters. The number of rotatable bonds is 10. The van der Waals surface area contributed by atoms with E-state index >= 15 is 0 Å². The number of nitrogens with zero attached hydrogens (tertiary/aromatic N) is 1. The Morgan fingerprint density at radius 3 is 2.57 bits per heavy atom. The standard InChI is InChI=1S/C19H22F4N2O4S/c1-4-28-11-5-6-12-13(7-11)30-17(24-12)25-14(26)8-18(2,3)9-15(27)29-10-19(22,23)16(20)21/h5-7,16H,4,8-10H2,1-3H3,(H,24,25,26). The Bertz CT molecular complexity index is 902. The molecule has 0 spiro atoms. The number of hydrogen-bond acceptors (Lipinski definition) is 6. The van der Waals surface area contributed by atoms with Gasteiger partial charge in [-0.1, -0.05) is 25.2 Å². The monoisotopic (exact) mass is 450 g/mol. The summed E-state index contributed by atoms with van der Waals surface area (Å²) < 4.78 is 60.4. The van der Waals surface area contributed by atoms with Gasteiger partial charge in [0.2, 0.25) is 5.91 Å². The highest BCUT2D eigenvalue weighted by molar-refractivity contribution is 7.22. The predicted molar refractivity (Wildman–Crippen MR) is 104 cm³/mol. The molecule has 0 aliphatic heterocycles. The van der Waals surface area contributed by atoms with Gasteiger partial charge in [0.1, 0.15) is 5.75 Å². The lowest BCUT2D eigenvalue weighted by Gasteiger charge is -2.23. The van der Waals surface area contributed by atoms with Gasteiger partial charge in [-0.05, 0) is 30.5 Å². The lowest BCUT2D eigenvalue weighted by Crippen LogP contribution is -2.34. The molecule has 1 heterocycles. The average molecular weight is 450 g/mol. The first-order chi connectivity index (χ1) is 13.9. The van der Waals surface area contributed by atoms with Crippen LogP contribution in [0.5, 0.6) is 5.75 Å². The number of hydrogen-bond donors (Lipinski definition) is 1. The van der Waals surface area contributed by atoms with Crippen molar-refractivity contribution in [3.05, 3.63) is 18.2 Å². The zero-order chi connectivity index (χ0) is 22.5. The van der Waals surface area contributed by atoms with Crippen LogP contribution in [0.15, 0.2) is 18.2 Å². The first kappa shape index (κ1) is 23.8. The fourth-order valence-corrected chi connectivity index (χ4v) is 3.47. The van der Waals surface area contributed by atoms with E-state index < -0.39 is 42.7 Å². The summed E-state index contributed by atoms with van der Waals surface area (Å²) in [6, 6.07) is 5.34. The van der Waals surface area contributed by atoms with E-state index in [0.29, 0.717) is 23.0 Å². The molecule has 166 valence electrons. The summed E-state index contributed by atoms with van der Waals surface area (Å²) in [5.41, 5.74) is -0.262. The lowest BCUT2D eigenvalue weighted by atomic mass is 9.85. The summed E-state index contributed by atoms with van der Waals surface area (Å²) in [4.78, 5) is 28.3. The van der Waals surface area contributed by atoms with Crippen molar-refractivity contribution in [1.82, 2.24) is 4.98 Å². The van der Waals surface area contributed by atoms with E-state index in [1.165, 1.54) is 11.3 Å². The fraction of sp³-hybridized carbons (Fsp3) is 0.526. The Balaban J connectivity index is 1.91. The summed E-state index contributed by atoms with van der Waals surface area (Å²) in [6.07, 6.45) is -4.45. The van der Waals surface area contributed by atoms with Crippen molar-refractivity contribution in [2.75, 3.05) is 18.5 Å². The number of esters is 1. The van der Waals surface area contributed by atoms with Crippen LogP contribution in [0.2, 0.25) is 0 Å². The zero-order valence-electron chi connectivity index (χ0n) is 16.6. The molecule has 0 radical (unpaired) electrons. The second kappa shape index (κ2) is 9.59. The highest BCUT2D eigenvalue weighted by Gasteiger charge is 2.42. The lowest BCUT2D eigenvalue weighted by molar-refractivity contribution is -0.181. The summed E-state index contributed by atoms with van der Waals surface area (Å²) in [5.74, 6) is -5.25. The molecule has 1 aromatic heterocycles. The molecule has 0 aliphatic rings. The van der Waals surface area contributed by atoms with Crippen molar-refractivity contribution >= 4 is 38.6 Å². The molecule has 0 saturated carbocycles. The highest BCUT2D eigenvalue weighted by Crippen LogP contribution is 2.31. The maximum absolute atomic E-state index is 12.8. The van der Waals surface area contributed by atoms with E-state index in [1.54, 1.807) is 32.0 Å². The van der Waals surface area contributed by atoms with Gasteiger partial charge in [-0.3, -0.25) is 9.59 Å². The van der Waals surface area contributed by atoms with Crippen LogP contribution in [0.3, 0.4) is 0 Å². The molecule has 0 saturated heterocycles. The van der Waals surface area contributed by atoms with Gasteiger partial charge >= 0.3 is 18.3 Å². The minimum absolute atomic E-state index is 0.131. The Kier molecular flexibility index (Phi) is 7.62. The van der Waals surface area contributed by atoms with Gasteiger partial charge in [-0.25, -0.2) is 13.8 Å². The van der Waals surface area contributed by atoms with Gasteiger partial charge in [0, 0.05) is 6.42 Å². The van der Waals surface area contributed by atoms with Crippen molar-refractivity contribution in [2.24, 2.45) is 5.41 Å². The number of fused-ring (bicyclic) bond motifs is 1. The number of carbonyl (C=O) groups is 2. The summed E-state index contributed by atoms with van der Waals surface area (Å²) in [7, 11) is 0. The second-order valence-electron chi connectivity index (χ2n) is 7.37. The van der Waals surface area contributed by atoms with Crippen LogP contribution in [0.1, 0.15) is 33.6 Å². The maximum atomic E-state index is 12.8. The van der Waals surface area contributed by atoms with Crippen LogP contribution < -0.4 is 10.1 Å². The van der Waals surface area contributed by atoms with Crippen LogP contribution in [0, 0.1) is 5.41 Å². The number of anilines is 1. The van der Waals surface area contributed by atoms with Gasteiger partial charge in [0.25, 0.3) is 0 Å². The molecule has 0 aliphatic carbocycles. The fourth-order valence-electron chi connectivity index (χ4n) is 2.56. The van der Waals surface area contributed by atoms with Gasteiger partial charge in [0.15, 0.2) is 11.7 Å². The molecular weight excluding hydrogens is 428 g/mol. The number of ether oxygens (including phenoxy) is 2. The Hall–Kier alpha value is -2.43. The average Bonchev–Trinajstić information content (AvgIpc) is 3.00. The molecule has 1 amide bonds. The molecule has 0 fully saturated rings. The summed E-state index contributed by atoms with van der Waals surface area (Å²) in [5, 5.41) is 3.00. The highest BCUT2D eigenvalue weighted by atomic mass is 32.1. The molecule has 1 N–H and O–H groups in total. The van der Waals surface area contributed by atoms with E-state index in [-0.39, 0.29) is 6.42 Å². The molecule has 1 aromatic carbocycles. The van der Waals surface area contributed by atoms with Crippen molar-refractivity contribution in [1.29, 1.82) is 0 Å². The van der Waals surface area contributed by atoms with Crippen molar-refractivity contribution in [3.63, 3.8) is 0 Å². The summed E-state index contributed by atoms with van der Waals surface area (Å²) >= 11 is 1.25. The molecule has 6 nitrogen and oxygen atoms in total. The number of benzene rings is 1. The molecule has 0 atom stereocenters. The van der Waals surface area contributed by atoms with E-state index in [1.807, 2.05) is 6.92 Å². The van der Waals surface area contributed by atoms with E-state index in [4.69, 9.17) is 4.74 Å². The topological polar surface area (TPSA) is 77.5 Å². The second-order valence-corrected chi connectivity index (χ2v) is 8.40. The Labute approximate surface area is 174 Å². The smallest absolute Gasteiger partial charge is 0.340 e. The molecule has 0 bridgehead atoms. The van der Waals surface area contributed by atoms with Crippen LogP contribution in [-0.4, -0.2) is 42.4 Å². The Morgan fingerprint density at radius 2 is 1.93 bits per heavy atom. The minimum Gasteiger partial charge on any atom is -0.494 e. The van der Waals surface area contributed by atoms with Gasteiger partial charge in [-0.15, -0.1) is 0 Å². The van der Waals surface area contributed by atoms with E-state index in [2.05, 4.69) is 15.0 Å². The molecule has 2 aromatic rings. The maximum Gasteiger partial charge on any atom is 0.340 e. The third-order valence-electron chi connectivity index (χ3n) is 3.92. The van der Waals surface area contributed by atoms with Gasteiger partial charge < -0.3 is 14.8 Å². The normalized spacial score (nSPS) is 12.3. The SMILES string of the molecule is CCOc1ccc2nc(NC(=O)CC(C)(C)CC(=O)OCC(F)(F)C(F)F)sc2c1. The number of amides is 1. The predicted octanol–water partition coefficient (Wildman–Crippen LogP) is 4.88. The number of nitrogens with one attached hydrogen (secondary N) is 1. The van der Waals surface area contributed by atoms with Crippen LogP contribution in [0.25, 0.3) is 10.2 Å². The number of alkyl halides is 4. The van der Waals surface area contributed by atoms with E-state index in [0.717, 1.165) is 4.70 Å². The van der Waals surface area contributed by atoms with Crippen LogP contribution >= 0.6 is 11.3 Å². The number of aromatic nitrogens is 1. The molecule has 2 rings (SSSR count). The van der Waals surface area contributed by atoms with Crippen molar-refractivity contribution < 1.29 is 36.6 Å². The molecule has 11 heteroatoms. The first-order valence-corrected chi connectivity index (χ1v) is 9.88. The minimum atomic E-state index is -4.41. The van der Waals surface area contributed by atoms with Gasteiger partial charge in [0.05, 0.1) is 23.2 Å². The molecule has 30 heavy (non-hydrogen) atoms. The van der Waals surface area contributed by atoms with Gasteiger partial charge in [-0.2, -0.15) is 8.78 Å². The van der Waals surface area contributed by atoms with Crippen molar-refractivity contribution in [2.45, 2.75) is 46.0 Å². The first-order valence-electron chi connectivity index (χ1n) is 9.07. The van der Waals surface area contributed by atoms with E-state index in [9.17, 15) is 27.2 Å². The number of carbonyl (C=O) groups excluding carboxylic acids is 2. The largest absolute Gasteiger partial charge is 0.494 e. The summed E-state index contributed by atoms with van der Waals surface area (Å²) in [6.45, 7) is 3.80. The third kappa shape index (κ3) is 6.82. The third-order valence-corrected chi connectivity index (χ3v) is 4.86. The van der Waals surface area contributed by atoms with Crippen LogP contribution in [-0.2, 0) is 14.3 Å². The zero-order valence-corrected chi connectivity index (χ0v) is 17.5. The Morgan fingerprint density at radius 1 is 1.23 bits per heavy atom. The van der Waals surface area contributed by atoms with Crippen molar-refractivity contribution in [3.8, 4) is 5.75 Å². The number of thiazole rings is 1. The molecular formula is C19H22F4N2O4S. The van der Waals surface area contributed by atoms with Crippen LogP contribution in [0.4, 0.5) is 22.7 Å².